The minimum atomic E-state index is -3.73. The third-order valence-corrected chi connectivity index (χ3v) is 5.99. The first kappa shape index (κ1) is 17.7. The smallest absolute Gasteiger partial charge is 0.238 e. The normalized spacial score (nSPS) is 13.2. The van der Waals surface area contributed by atoms with E-state index in [0.717, 1.165) is 30.5 Å². The molecular weight excluding hydrogens is 406 g/mol. The van der Waals surface area contributed by atoms with Gasteiger partial charge in [0, 0.05) is 10.2 Å². The molecule has 0 saturated carbocycles. The molecule has 0 amide bonds. The number of nitriles is 1. The second-order valence-electron chi connectivity index (χ2n) is 5.77. The van der Waals surface area contributed by atoms with Crippen LogP contribution in [0.15, 0.2) is 28.7 Å². The van der Waals surface area contributed by atoms with E-state index in [1.54, 1.807) is 24.3 Å². The van der Waals surface area contributed by atoms with Crippen molar-refractivity contribution in [3.05, 3.63) is 51.1 Å². The van der Waals surface area contributed by atoms with E-state index in [0.29, 0.717) is 15.8 Å². The summed E-state index contributed by atoms with van der Waals surface area (Å²) in [4.78, 5) is 4.36. The fraction of sp³-hybridized carbons (Fsp3) is 0.294. The lowest BCUT2D eigenvalue weighted by Gasteiger charge is -2.12. The molecule has 0 fully saturated rings. The quantitative estimate of drug-likeness (QED) is 0.799. The average Bonchev–Trinajstić information content (AvgIpc) is 3.02. The van der Waals surface area contributed by atoms with Crippen LogP contribution in [0.1, 0.15) is 28.8 Å². The second kappa shape index (κ2) is 7.02. The largest absolute Gasteiger partial charge is 0.497 e. The van der Waals surface area contributed by atoms with E-state index in [1.165, 1.54) is 7.11 Å². The van der Waals surface area contributed by atoms with Crippen LogP contribution in [-0.4, -0.2) is 20.5 Å². The summed E-state index contributed by atoms with van der Waals surface area (Å²) in [6.07, 6.45) is 2.65. The molecule has 8 heteroatoms. The minimum Gasteiger partial charge on any atom is -0.497 e. The summed E-state index contributed by atoms with van der Waals surface area (Å²) in [6.45, 7) is 0. The summed E-state index contributed by atoms with van der Waals surface area (Å²) in [5.74, 6) is 0.415. The van der Waals surface area contributed by atoms with Gasteiger partial charge in [-0.1, -0.05) is 15.9 Å². The number of fused-ring (bicyclic) bond motifs is 1. The number of sulfonamides is 1. The molecule has 3 rings (SSSR count). The van der Waals surface area contributed by atoms with Crippen LogP contribution in [0.4, 0.5) is 5.82 Å². The molecule has 0 radical (unpaired) electrons. The van der Waals surface area contributed by atoms with E-state index in [4.69, 9.17) is 4.74 Å². The summed E-state index contributed by atoms with van der Waals surface area (Å²) in [5.41, 5.74) is 2.69. The summed E-state index contributed by atoms with van der Waals surface area (Å²) in [7, 11) is -2.21. The lowest BCUT2D eigenvalue weighted by molar-refractivity contribution is 0.414. The number of methoxy groups -OCH3 is 1. The van der Waals surface area contributed by atoms with E-state index in [-0.39, 0.29) is 17.1 Å². The number of anilines is 1. The van der Waals surface area contributed by atoms with Crippen molar-refractivity contribution in [2.75, 3.05) is 11.8 Å². The topological polar surface area (TPSA) is 92.1 Å². The molecule has 1 aromatic heterocycles. The third kappa shape index (κ3) is 3.94. The number of nitrogens with zero attached hydrogens (tertiary/aromatic N) is 2. The Balaban J connectivity index is 1.89. The van der Waals surface area contributed by atoms with Crippen molar-refractivity contribution in [1.29, 1.82) is 5.26 Å². The summed E-state index contributed by atoms with van der Waals surface area (Å²) < 4.78 is 33.4. The van der Waals surface area contributed by atoms with Gasteiger partial charge in [0.1, 0.15) is 11.8 Å². The zero-order valence-corrected chi connectivity index (χ0v) is 15.9. The predicted octanol–water partition coefficient (Wildman–Crippen LogP) is 3.15. The monoisotopic (exact) mass is 421 g/mol. The highest BCUT2D eigenvalue weighted by Gasteiger charge is 2.21. The zero-order valence-electron chi connectivity index (χ0n) is 13.5. The van der Waals surface area contributed by atoms with Gasteiger partial charge in [0.25, 0.3) is 0 Å². The molecule has 1 heterocycles. The molecule has 0 spiro atoms. The van der Waals surface area contributed by atoms with E-state index in [2.05, 4.69) is 25.6 Å². The Hall–Kier alpha value is -2.11. The molecule has 25 heavy (non-hydrogen) atoms. The molecule has 2 aromatic rings. The SMILES string of the molecule is COc1ccc(Br)c(CS(=O)(=O)Nc2nc3c(cc2C#N)CCC3)c1. The first-order valence-corrected chi connectivity index (χ1v) is 10.1. The minimum absolute atomic E-state index is 0.0992. The van der Waals surface area contributed by atoms with Crippen LogP contribution in [0, 0.1) is 11.3 Å². The van der Waals surface area contributed by atoms with Gasteiger partial charge >= 0.3 is 0 Å². The van der Waals surface area contributed by atoms with Gasteiger partial charge in [0.05, 0.1) is 18.4 Å². The van der Waals surface area contributed by atoms with E-state index in [1.807, 2.05) is 6.07 Å². The van der Waals surface area contributed by atoms with Crippen molar-refractivity contribution in [1.82, 2.24) is 4.98 Å². The van der Waals surface area contributed by atoms with Crippen molar-refractivity contribution in [3.63, 3.8) is 0 Å². The molecule has 0 atom stereocenters. The Labute approximate surface area is 155 Å². The number of halogens is 1. The molecule has 1 aliphatic rings. The summed E-state index contributed by atoms with van der Waals surface area (Å²) in [6, 6.07) is 8.88. The van der Waals surface area contributed by atoms with E-state index in [9.17, 15) is 13.7 Å². The molecule has 0 unspecified atom stereocenters. The Kier molecular flexibility index (Phi) is 4.97. The molecule has 1 N–H and O–H groups in total. The van der Waals surface area contributed by atoms with Gasteiger partial charge in [-0.25, -0.2) is 13.4 Å². The molecule has 1 aliphatic carbocycles. The van der Waals surface area contributed by atoms with Gasteiger partial charge in [-0.15, -0.1) is 0 Å². The predicted molar refractivity (Wildman–Crippen MR) is 97.9 cm³/mol. The van der Waals surface area contributed by atoms with Crippen molar-refractivity contribution in [2.45, 2.75) is 25.0 Å². The van der Waals surface area contributed by atoms with Gasteiger partial charge in [-0.3, -0.25) is 4.72 Å². The highest BCUT2D eigenvalue weighted by Crippen LogP contribution is 2.27. The third-order valence-electron chi connectivity index (χ3n) is 4.02. The maximum absolute atomic E-state index is 12.6. The van der Waals surface area contributed by atoms with Crippen LogP contribution >= 0.6 is 15.9 Å². The van der Waals surface area contributed by atoms with Crippen molar-refractivity contribution in [3.8, 4) is 11.8 Å². The summed E-state index contributed by atoms with van der Waals surface area (Å²) in [5, 5.41) is 9.30. The number of pyridine rings is 1. The van der Waals surface area contributed by atoms with Crippen LogP contribution in [0.25, 0.3) is 0 Å². The van der Waals surface area contributed by atoms with Crippen LogP contribution in [0.2, 0.25) is 0 Å². The van der Waals surface area contributed by atoms with Gasteiger partial charge in [0.2, 0.25) is 10.0 Å². The van der Waals surface area contributed by atoms with E-state index < -0.39 is 10.0 Å². The lowest BCUT2D eigenvalue weighted by atomic mass is 10.1. The Morgan fingerprint density at radius 1 is 1.36 bits per heavy atom. The fourth-order valence-corrected chi connectivity index (χ4v) is 4.55. The number of ether oxygens (including phenoxy) is 1. The number of aryl methyl sites for hydroxylation is 2. The maximum Gasteiger partial charge on any atom is 0.238 e. The lowest BCUT2D eigenvalue weighted by Crippen LogP contribution is -2.17. The van der Waals surface area contributed by atoms with Gasteiger partial charge in [-0.05, 0) is 54.7 Å². The number of aromatic nitrogens is 1. The maximum atomic E-state index is 12.6. The Morgan fingerprint density at radius 3 is 2.88 bits per heavy atom. The molecule has 130 valence electrons. The number of hydrogen-bond donors (Lipinski definition) is 1. The molecule has 0 bridgehead atoms. The van der Waals surface area contributed by atoms with Gasteiger partial charge in [-0.2, -0.15) is 5.26 Å². The molecule has 1 aromatic carbocycles. The van der Waals surface area contributed by atoms with E-state index >= 15 is 0 Å². The van der Waals surface area contributed by atoms with Crippen LogP contribution in [0.3, 0.4) is 0 Å². The Morgan fingerprint density at radius 2 is 2.16 bits per heavy atom. The van der Waals surface area contributed by atoms with Gasteiger partial charge in [0.15, 0.2) is 5.82 Å². The molecule has 6 nitrogen and oxygen atoms in total. The standard InChI is InChI=1S/C17H16BrN3O3S/c1-24-14-5-6-15(18)13(8-14)10-25(22,23)21-17-12(9-19)7-11-3-2-4-16(11)20-17/h5-8H,2-4,10H2,1H3,(H,20,21). The van der Waals surface area contributed by atoms with Crippen molar-refractivity contribution >= 4 is 31.8 Å². The summed E-state index contributed by atoms with van der Waals surface area (Å²) >= 11 is 3.35. The van der Waals surface area contributed by atoms with Crippen molar-refractivity contribution < 1.29 is 13.2 Å². The van der Waals surface area contributed by atoms with Crippen LogP contribution in [0.5, 0.6) is 5.75 Å². The van der Waals surface area contributed by atoms with Crippen molar-refractivity contribution in [2.24, 2.45) is 0 Å². The van der Waals surface area contributed by atoms with Crippen LogP contribution in [-0.2, 0) is 28.6 Å². The molecule has 0 saturated heterocycles. The highest BCUT2D eigenvalue weighted by atomic mass is 79.9. The molecular formula is C17H16BrN3O3S. The Bertz CT molecular complexity index is 968. The fourth-order valence-electron chi connectivity index (χ4n) is 2.81. The molecule has 0 aliphatic heterocycles. The van der Waals surface area contributed by atoms with Crippen LogP contribution < -0.4 is 9.46 Å². The van der Waals surface area contributed by atoms with Gasteiger partial charge < -0.3 is 4.74 Å². The number of hydrogen-bond acceptors (Lipinski definition) is 5. The zero-order chi connectivity index (χ0) is 18.0. The first-order chi connectivity index (χ1) is 11.9. The second-order valence-corrected chi connectivity index (χ2v) is 8.35. The average molecular weight is 422 g/mol. The number of benzene rings is 1. The number of rotatable bonds is 5. The number of nitrogens with one attached hydrogen (secondary N) is 1. The highest BCUT2D eigenvalue weighted by molar-refractivity contribution is 9.10. The first-order valence-electron chi connectivity index (χ1n) is 7.67.